The van der Waals surface area contributed by atoms with Crippen molar-refractivity contribution in [1.29, 1.82) is 0 Å². The molecule has 2 aromatic heterocycles. The molecule has 0 fully saturated rings. The first-order chi connectivity index (χ1) is 8.58. The Labute approximate surface area is 108 Å². The van der Waals surface area contributed by atoms with Crippen LogP contribution in [-0.4, -0.2) is 19.3 Å². The van der Waals surface area contributed by atoms with Gasteiger partial charge in [-0.25, -0.2) is 4.98 Å². The second-order valence-corrected chi connectivity index (χ2v) is 5.01. The van der Waals surface area contributed by atoms with Crippen LogP contribution in [-0.2, 0) is 20.0 Å². The van der Waals surface area contributed by atoms with E-state index in [1.807, 2.05) is 36.5 Å². The van der Waals surface area contributed by atoms with E-state index in [4.69, 9.17) is 5.73 Å². The molecule has 1 unspecified atom stereocenters. The zero-order valence-electron chi connectivity index (χ0n) is 11.2. The average molecular weight is 247 g/mol. The van der Waals surface area contributed by atoms with Crippen LogP contribution in [0.15, 0.2) is 24.8 Å². The van der Waals surface area contributed by atoms with E-state index < -0.39 is 0 Å². The number of hydrogen-bond donors (Lipinski definition) is 1. The molecule has 1 atom stereocenters. The molecule has 2 aromatic rings. The van der Waals surface area contributed by atoms with Gasteiger partial charge >= 0.3 is 0 Å². The highest BCUT2D eigenvalue weighted by molar-refractivity contribution is 5.06. The fraction of sp³-hybridized carbons (Fsp3) is 0.538. The minimum atomic E-state index is 0.0382. The van der Waals surface area contributed by atoms with Gasteiger partial charge in [-0.1, -0.05) is 13.8 Å². The first kappa shape index (κ1) is 12.8. The Balaban J connectivity index is 2.04. The third kappa shape index (κ3) is 2.79. The van der Waals surface area contributed by atoms with Crippen LogP contribution in [0.25, 0.3) is 0 Å². The van der Waals surface area contributed by atoms with Crippen LogP contribution < -0.4 is 5.73 Å². The van der Waals surface area contributed by atoms with Crippen LogP contribution in [0, 0.1) is 5.92 Å². The van der Waals surface area contributed by atoms with Crippen LogP contribution in [0.5, 0.6) is 0 Å². The summed E-state index contributed by atoms with van der Waals surface area (Å²) in [6.45, 7) is 5.12. The number of imidazole rings is 1. The van der Waals surface area contributed by atoms with Crippen LogP contribution in [0.3, 0.4) is 0 Å². The Morgan fingerprint density at radius 2 is 2.17 bits per heavy atom. The van der Waals surface area contributed by atoms with E-state index in [2.05, 4.69) is 28.5 Å². The first-order valence-corrected chi connectivity index (χ1v) is 6.32. The van der Waals surface area contributed by atoms with Gasteiger partial charge < -0.3 is 10.3 Å². The molecule has 0 saturated carbocycles. The maximum atomic E-state index is 6.18. The van der Waals surface area contributed by atoms with Crippen molar-refractivity contribution < 1.29 is 0 Å². The predicted octanol–water partition coefficient (Wildman–Crippen LogP) is 1.52. The van der Waals surface area contributed by atoms with E-state index in [1.165, 1.54) is 0 Å². The Hall–Kier alpha value is -1.62. The summed E-state index contributed by atoms with van der Waals surface area (Å²) in [5.74, 6) is 0.412. The van der Waals surface area contributed by atoms with Crippen molar-refractivity contribution >= 4 is 0 Å². The summed E-state index contributed by atoms with van der Waals surface area (Å²) in [5, 5.41) is 4.37. The molecule has 0 aromatic carbocycles. The highest BCUT2D eigenvalue weighted by Gasteiger charge is 2.15. The summed E-state index contributed by atoms with van der Waals surface area (Å²) in [6.07, 6.45) is 6.57. The lowest BCUT2D eigenvalue weighted by atomic mass is 10.0. The van der Waals surface area contributed by atoms with Gasteiger partial charge in [0.15, 0.2) is 0 Å². The average Bonchev–Trinajstić information content (AvgIpc) is 2.93. The molecule has 2 N–H and O–H groups in total. The highest BCUT2D eigenvalue weighted by Crippen LogP contribution is 2.18. The second kappa shape index (κ2) is 5.35. The van der Waals surface area contributed by atoms with Gasteiger partial charge in [0.25, 0.3) is 0 Å². The molecule has 0 spiro atoms. The largest absolute Gasteiger partial charge is 0.333 e. The number of nitrogens with zero attached hydrogens (tertiary/aromatic N) is 4. The lowest BCUT2D eigenvalue weighted by molar-refractivity contribution is 0.476. The molecule has 98 valence electrons. The van der Waals surface area contributed by atoms with Gasteiger partial charge in [0, 0.05) is 38.4 Å². The monoisotopic (exact) mass is 247 g/mol. The van der Waals surface area contributed by atoms with Crippen LogP contribution >= 0.6 is 0 Å². The molecule has 18 heavy (non-hydrogen) atoms. The van der Waals surface area contributed by atoms with Gasteiger partial charge in [0.1, 0.15) is 0 Å². The topological polar surface area (TPSA) is 61.7 Å². The van der Waals surface area contributed by atoms with Crippen molar-refractivity contribution in [2.45, 2.75) is 32.9 Å². The van der Waals surface area contributed by atoms with Crippen molar-refractivity contribution in [3.8, 4) is 0 Å². The van der Waals surface area contributed by atoms with Gasteiger partial charge in [-0.05, 0) is 12.0 Å². The molecule has 0 aliphatic carbocycles. The van der Waals surface area contributed by atoms with E-state index in [9.17, 15) is 0 Å². The first-order valence-electron chi connectivity index (χ1n) is 6.32. The van der Waals surface area contributed by atoms with Gasteiger partial charge in [0.2, 0.25) is 0 Å². The Morgan fingerprint density at radius 1 is 1.39 bits per heavy atom. The van der Waals surface area contributed by atoms with Crippen LogP contribution in [0.2, 0.25) is 0 Å². The van der Waals surface area contributed by atoms with Crippen LogP contribution in [0.4, 0.5) is 0 Å². The fourth-order valence-corrected chi connectivity index (χ4v) is 1.97. The molecule has 0 bridgehead atoms. The normalized spacial score (nSPS) is 13.2. The van der Waals surface area contributed by atoms with Crippen molar-refractivity contribution in [3.05, 3.63) is 36.2 Å². The maximum Gasteiger partial charge on any atom is 0.0948 e. The minimum Gasteiger partial charge on any atom is -0.333 e. The number of hydrogen-bond acceptors (Lipinski definition) is 3. The van der Waals surface area contributed by atoms with Crippen LogP contribution in [0.1, 0.15) is 31.3 Å². The molecule has 0 aliphatic heterocycles. The summed E-state index contributed by atoms with van der Waals surface area (Å²) in [4.78, 5) is 4.20. The smallest absolute Gasteiger partial charge is 0.0948 e. The van der Waals surface area contributed by atoms with Gasteiger partial charge in [-0.15, -0.1) is 0 Å². The van der Waals surface area contributed by atoms with Crippen molar-refractivity contribution in [2.75, 3.05) is 0 Å². The molecule has 0 radical (unpaired) electrons. The Kier molecular flexibility index (Phi) is 3.81. The van der Waals surface area contributed by atoms with E-state index in [-0.39, 0.29) is 6.04 Å². The molecule has 0 amide bonds. The second-order valence-electron chi connectivity index (χ2n) is 5.01. The van der Waals surface area contributed by atoms with E-state index >= 15 is 0 Å². The van der Waals surface area contributed by atoms with E-state index in [1.54, 1.807) is 0 Å². The zero-order valence-corrected chi connectivity index (χ0v) is 11.2. The molecule has 2 rings (SSSR count). The fourth-order valence-electron chi connectivity index (χ4n) is 1.97. The van der Waals surface area contributed by atoms with Crippen molar-refractivity contribution in [2.24, 2.45) is 18.7 Å². The highest BCUT2D eigenvalue weighted by atomic mass is 15.2. The lowest BCUT2D eigenvalue weighted by Crippen LogP contribution is -2.20. The molecule has 5 nitrogen and oxygen atoms in total. The standard InChI is InChI=1S/C13H21N5/c1-10(2)13(14)12-8-15-9-18(12)7-5-11-4-6-17(3)16-11/h4,6,8-10,13H,5,7,14H2,1-3H3. The maximum absolute atomic E-state index is 6.18. The summed E-state index contributed by atoms with van der Waals surface area (Å²) >= 11 is 0. The number of nitrogens with two attached hydrogens (primary N) is 1. The predicted molar refractivity (Wildman–Crippen MR) is 70.9 cm³/mol. The van der Waals surface area contributed by atoms with Crippen molar-refractivity contribution in [1.82, 2.24) is 19.3 Å². The molecule has 2 heterocycles. The molecule has 0 saturated heterocycles. The summed E-state index contributed by atoms with van der Waals surface area (Å²) in [5.41, 5.74) is 8.37. The summed E-state index contributed by atoms with van der Waals surface area (Å²) < 4.78 is 3.95. The molecule has 0 aliphatic rings. The Bertz CT molecular complexity index is 497. The SMILES string of the molecule is CC(C)C(N)c1cncn1CCc1ccn(C)n1. The number of aromatic nitrogens is 4. The number of aryl methyl sites for hydroxylation is 3. The van der Waals surface area contributed by atoms with Gasteiger partial charge in [-0.2, -0.15) is 5.10 Å². The summed E-state index contributed by atoms with van der Waals surface area (Å²) in [6, 6.07) is 2.08. The van der Waals surface area contributed by atoms with E-state index in [0.717, 1.165) is 24.4 Å². The number of rotatable bonds is 5. The third-order valence-electron chi connectivity index (χ3n) is 3.18. The Morgan fingerprint density at radius 3 is 2.78 bits per heavy atom. The minimum absolute atomic E-state index is 0.0382. The van der Waals surface area contributed by atoms with Crippen molar-refractivity contribution in [3.63, 3.8) is 0 Å². The van der Waals surface area contributed by atoms with Gasteiger partial charge in [-0.3, -0.25) is 4.68 Å². The molecular formula is C13H21N5. The van der Waals surface area contributed by atoms with Gasteiger partial charge in [0.05, 0.1) is 17.7 Å². The lowest BCUT2D eigenvalue weighted by Gasteiger charge is -2.17. The summed E-state index contributed by atoms with van der Waals surface area (Å²) in [7, 11) is 1.93. The zero-order chi connectivity index (χ0) is 13.1. The third-order valence-corrected chi connectivity index (χ3v) is 3.18. The van der Waals surface area contributed by atoms with E-state index in [0.29, 0.717) is 5.92 Å². The quantitative estimate of drug-likeness (QED) is 0.871. The molecular weight excluding hydrogens is 226 g/mol. The molecule has 5 heteroatoms.